The largest absolute Gasteiger partial charge is 0.354 e. The van der Waals surface area contributed by atoms with Crippen molar-refractivity contribution in [1.29, 1.82) is 0 Å². The van der Waals surface area contributed by atoms with Crippen LogP contribution in [0, 0.1) is 0 Å². The van der Waals surface area contributed by atoms with Gasteiger partial charge in [-0.3, -0.25) is 5.01 Å². The Bertz CT molecular complexity index is 842. The Morgan fingerprint density at radius 2 is 1.71 bits per heavy atom. The van der Waals surface area contributed by atoms with Gasteiger partial charge in [0.05, 0.1) is 45.1 Å². The lowest BCUT2D eigenvalue weighted by molar-refractivity contribution is -0.884. The van der Waals surface area contributed by atoms with Crippen LogP contribution in [-0.4, -0.2) is 49.4 Å². The Morgan fingerprint density at radius 1 is 1.00 bits per heavy atom. The Hall–Kier alpha value is -2.59. The highest BCUT2D eigenvalue weighted by Crippen LogP contribution is 2.29. The smallest absolute Gasteiger partial charge is 0.0964 e. The molecule has 24 heavy (non-hydrogen) atoms. The van der Waals surface area contributed by atoms with Gasteiger partial charge in [0.25, 0.3) is 0 Å². The van der Waals surface area contributed by atoms with E-state index >= 15 is 0 Å². The maximum atomic E-state index is 4.77. The van der Waals surface area contributed by atoms with Crippen LogP contribution in [-0.2, 0) is 0 Å². The third kappa shape index (κ3) is 2.93. The van der Waals surface area contributed by atoms with Gasteiger partial charge in [0.1, 0.15) is 0 Å². The molecule has 0 bridgehead atoms. The van der Waals surface area contributed by atoms with E-state index in [0.29, 0.717) is 0 Å². The molecule has 1 aromatic heterocycles. The van der Waals surface area contributed by atoms with E-state index in [0.717, 1.165) is 37.4 Å². The number of H-pyrrole nitrogens is 1. The molecule has 0 spiro atoms. The molecule has 4 rings (SSSR count). The Morgan fingerprint density at radius 3 is 2.50 bits per heavy atom. The summed E-state index contributed by atoms with van der Waals surface area (Å²) in [6, 6.07) is 18.9. The summed E-state index contributed by atoms with van der Waals surface area (Å²) >= 11 is 0. The molecule has 122 valence electrons. The van der Waals surface area contributed by atoms with Crippen molar-refractivity contribution >= 4 is 17.1 Å². The molecule has 0 amide bonds. The highest BCUT2D eigenvalue weighted by atomic mass is 15.5. The first-order chi connectivity index (χ1) is 11.8. The van der Waals surface area contributed by atoms with Gasteiger partial charge in [-0.15, -0.1) is 0 Å². The zero-order valence-electron chi connectivity index (χ0n) is 14.0. The summed E-state index contributed by atoms with van der Waals surface area (Å²) in [5, 5.41) is 8.18. The molecule has 2 heterocycles. The number of hydrogen-bond acceptors (Lipinski definition) is 2. The van der Waals surface area contributed by atoms with Gasteiger partial charge in [0.2, 0.25) is 0 Å². The molecule has 0 saturated carbocycles. The maximum absolute atomic E-state index is 4.77. The number of quaternary nitrogens is 1. The minimum Gasteiger partial charge on any atom is -0.354 e. The number of aromatic amines is 1. The minimum atomic E-state index is 1.02. The van der Waals surface area contributed by atoms with Gasteiger partial charge in [0, 0.05) is 16.5 Å². The van der Waals surface area contributed by atoms with Crippen molar-refractivity contribution in [2.75, 3.05) is 33.2 Å². The number of fused-ring (bicyclic) bond motifs is 1. The number of hydrazone groups is 1. The van der Waals surface area contributed by atoms with Crippen LogP contribution in [0.4, 0.5) is 0 Å². The van der Waals surface area contributed by atoms with E-state index in [1.165, 1.54) is 16.5 Å². The van der Waals surface area contributed by atoms with Crippen molar-refractivity contribution < 1.29 is 4.90 Å². The number of nitrogens with one attached hydrogen (secondary N) is 2. The number of para-hydroxylation sites is 1. The van der Waals surface area contributed by atoms with Crippen LogP contribution in [0.15, 0.2) is 59.7 Å². The minimum absolute atomic E-state index is 1.02. The van der Waals surface area contributed by atoms with E-state index < -0.39 is 0 Å². The predicted octanol–water partition coefficient (Wildman–Crippen LogP) is 2.00. The molecule has 1 aliphatic rings. The van der Waals surface area contributed by atoms with Crippen LogP contribution in [0.5, 0.6) is 0 Å². The standard InChI is InChI=1S/C20H22N4/c1-23-11-13-24(14-12-23)21-15-18-17-9-5-6-10-19(17)22-20(18)16-7-3-2-4-8-16/h2-10,15,22H,11-14H2,1H3/p+1/b21-15+. The summed E-state index contributed by atoms with van der Waals surface area (Å²) in [7, 11) is 2.24. The zero-order valence-corrected chi connectivity index (χ0v) is 14.0. The molecule has 4 nitrogen and oxygen atoms in total. The highest BCUT2D eigenvalue weighted by Gasteiger charge is 2.15. The first kappa shape index (κ1) is 15.0. The topological polar surface area (TPSA) is 35.8 Å². The van der Waals surface area contributed by atoms with Crippen molar-refractivity contribution in [3.05, 3.63) is 60.2 Å². The number of nitrogens with zero attached hydrogens (tertiary/aromatic N) is 2. The molecule has 1 saturated heterocycles. The second-order valence-corrected chi connectivity index (χ2v) is 6.48. The predicted molar refractivity (Wildman–Crippen MR) is 99.5 cm³/mol. The maximum Gasteiger partial charge on any atom is 0.0964 e. The molecule has 3 aromatic rings. The van der Waals surface area contributed by atoms with Crippen molar-refractivity contribution in [3.63, 3.8) is 0 Å². The summed E-state index contributed by atoms with van der Waals surface area (Å²) in [6.45, 7) is 4.34. The van der Waals surface area contributed by atoms with Gasteiger partial charge < -0.3 is 9.88 Å². The lowest BCUT2D eigenvalue weighted by Crippen LogP contribution is -3.11. The Kier molecular flexibility index (Phi) is 4.05. The van der Waals surface area contributed by atoms with Gasteiger partial charge in [-0.05, 0) is 11.6 Å². The number of aromatic nitrogens is 1. The van der Waals surface area contributed by atoms with E-state index in [1.54, 1.807) is 4.90 Å². The quantitative estimate of drug-likeness (QED) is 0.712. The van der Waals surface area contributed by atoms with E-state index in [4.69, 9.17) is 5.10 Å². The molecule has 2 N–H and O–H groups in total. The number of hydrogen-bond donors (Lipinski definition) is 2. The SMILES string of the molecule is C[NH+]1CCN(/N=C/c2c(-c3ccccc3)[nH]c3ccccc23)CC1. The molecule has 0 unspecified atom stereocenters. The summed E-state index contributed by atoms with van der Waals surface area (Å²) in [4.78, 5) is 5.14. The van der Waals surface area contributed by atoms with Crippen LogP contribution in [0.3, 0.4) is 0 Å². The number of rotatable bonds is 3. The fourth-order valence-corrected chi connectivity index (χ4v) is 3.26. The van der Waals surface area contributed by atoms with Gasteiger partial charge in [-0.1, -0.05) is 48.5 Å². The Labute approximate surface area is 142 Å². The van der Waals surface area contributed by atoms with Gasteiger partial charge in [0.15, 0.2) is 0 Å². The summed E-state index contributed by atoms with van der Waals surface area (Å²) < 4.78 is 0. The second kappa shape index (κ2) is 6.49. The number of piperazine rings is 1. The molecule has 0 atom stereocenters. The summed E-state index contributed by atoms with van der Waals surface area (Å²) in [5.74, 6) is 0. The Balaban J connectivity index is 1.73. The van der Waals surface area contributed by atoms with Crippen LogP contribution in [0.25, 0.3) is 22.2 Å². The van der Waals surface area contributed by atoms with Crippen molar-refractivity contribution in [1.82, 2.24) is 9.99 Å². The molecule has 0 radical (unpaired) electrons. The van der Waals surface area contributed by atoms with Crippen LogP contribution in [0.1, 0.15) is 5.56 Å². The van der Waals surface area contributed by atoms with Crippen LogP contribution in [0.2, 0.25) is 0 Å². The average Bonchev–Trinajstić information content (AvgIpc) is 3.01. The third-order valence-electron chi connectivity index (χ3n) is 4.75. The van der Waals surface area contributed by atoms with Gasteiger partial charge in [-0.2, -0.15) is 5.10 Å². The molecule has 1 fully saturated rings. The average molecular weight is 319 g/mol. The highest BCUT2D eigenvalue weighted by molar-refractivity contribution is 6.05. The summed E-state index contributed by atoms with van der Waals surface area (Å²) in [5.41, 5.74) is 4.65. The fraction of sp³-hybridized carbons (Fsp3) is 0.250. The van der Waals surface area contributed by atoms with E-state index in [1.807, 2.05) is 12.3 Å². The van der Waals surface area contributed by atoms with Crippen molar-refractivity contribution in [2.45, 2.75) is 0 Å². The van der Waals surface area contributed by atoms with Crippen LogP contribution >= 0.6 is 0 Å². The normalized spacial score (nSPS) is 16.3. The van der Waals surface area contributed by atoms with E-state index in [2.05, 4.69) is 65.6 Å². The lowest BCUT2D eigenvalue weighted by Gasteiger charge is -2.27. The van der Waals surface area contributed by atoms with Crippen molar-refractivity contribution in [2.24, 2.45) is 5.10 Å². The second-order valence-electron chi connectivity index (χ2n) is 6.48. The summed E-state index contributed by atoms with van der Waals surface area (Å²) in [6.07, 6.45) is 2.03. The third-order valence-corrected chi connectivity index (χ3v) is 4.75. The first-order valence-corrected chi connectivity index (χ1v) is 8.57. The monoisotopic (exact) mass is 319 g/mol. The van der Waals surface area contributed by atoms with Crippen LogP contribution < -0.4 is 4.90 Å². The number of likely N-dealkylation sites (N-methyl/N-ethyl adjacent to an activating group) is 1. The first-order valence-electron chi connectivity index (χ1n) is 8.57. The molecule has 0 aliphatic carbocycles. The molecular weight excluding hydrogens is 296 g/mol. The van der Waals surface area contributed by atoms with Crippen molar-refractivity contribution in [3.8, 4) is 11.3 Å². The number of benzene rings is 2. The zero-order chi connectivity index (χ0) is 16.4. The molecule has 4 heteroatoms. The van der Waals surface area contributed by atoms with Gasteiger partial charge >= 0.3 is 0 Å². The fourth-order valence-electron chi connectivity index (χ4n) is 3.26. The van der Waals surface area contributed by atoms with E-state index in [-0.39, 0.29) is 0 Å². The molecule has 2 aromatic carbocycles. The molecule has 1 aliphatic heterocycles. The lowest BCUT2D eigenvalue weighted by atomic mass is 10.1. The molecular formula is C20H23N4+. The van der Waals surface area contributed by atoms with E-state index in [9.17, 15) is 0 Å². The van der Waals surface area contributed by atoms with Gasteiger partial charge in [-0.25, -0.2) is 0 Å².